The molecule has 2 aromatic rings. The highest BCUT2D eigenvalue weighted by atomic mass is 127. The molecule has 0 unspecified atom stereocenters. The van der Waals surface area contributed by atoms with Crippen LogP contribution in [0.1, 0.15) is 48.8 Å². The standard InChI is InChI=1S/C27H39N5.HI/c1-28-27(30-26-14-18-32(19-15-26)21-24-8-4-2-5-9-24)29-20-23-10-12-25(13-11-23)22-31-16-6-3-7-17-31;/h2,4-5,8-13,26H,3,6-7,14-22H2,1H3,(H2,28,29,30);1H. The van der Waals surface area contributed by atoms with Crippen LogP contribution in [0.5, 0.6) is 0 Å². The van der Waals surface area contributed by atoms with Crippen molar-refractivity contribution >= 4 is 29.9 Å². The molecular weight excluding hydrogens is 521 g/mol. The van der Waals surface area contributed by atoms with Crippen molar-refractivity contribution in [1.29, 1.82) is 0 Å². The van der Waals surface area contributed by atoms with Gasteiger partial charge in [-0.05, 0) is 55.5 Å². The fraction of sp³-hybridized carbons (Fsp3) is 0.519. The van der Waals surface area contributed by atoms with Crippen molar-refractivity contribution in [3.63, 3.8) is 0 Å². The predicted molar refractivity (Wildman–Crippen MR) is 149 cm³/mol. The van der Waals surface area contributed by atoms with Crippen molar-refractivity contribution in [2.75, 3.05) is 33.2 Å². The average molecular weight is 562 g/mol. The highest BCUT2D eigenvalue weighted by molar-refractivity contribution is 14.0. The number of halogens is 1. The molecule has 2 saturated heterocycles. The molecule has 2 heterocycles. The molecule has 5 nitrogen and oxygen atoms in total. The lowest BCUT2D eigenvalue weighted by molar-refractivity contribution is 0.198. The van der Waals surface area contributed by atoms with Gasteiger partial charge in [0.05, 0.1) is 0 Å². The zero-order valence-corrected chi connectivity index (χ0v) is 22.3. The van der Waals surface area contributed by atoms with Crippen LogP contribution in [0.2, 0.25) is 0 Å². The number of hydrogen-bond acceptors (Lipinski definition) is 3. The van der Waals surface area contributed by atoms with Crippen molar-refractivity contribution in [2.45, 2.75) is 57.8 Å². The third-order valence-corrected chi connectivity index (χ3v) is 6.74. The molecule has 4 rings (SSSR count). The van der Waals surface area contributed by atoms with Gasteiger partial charge in [0.2, 0.25) is 0 Å². The molecule has 6 heteroatoms. The van der Waals surface area contributed by atoms with Gasteiger partial charge in [0, 0.05) is 45.8 Å². The third-order valence-electron chi connectivity index (χ3n) is 6.74. The lowest BCUT2D eigenvalue weighted by atomic mass is 10.0. The molecule has 0 spiro atoms. The summed E-state index contributed by atoms with van der Waals surface area (Å²) < 4.78 is 0. The number of likely N-dealkylation sites (tertiary alicyclic amines) is 2. The quantitative estimate of drug-likeness (QED) is 0.294. The normalized spacial score (nSPS) is 18.5. The lowest BCUT2D eigenvalue weighted by Crippen LogP contribution is -2.48. The number of guanidine groups is 1. The van der Waals surface area contributed by atoms with Crippen molar-refractivity contribution in [2.24, 2.45) is 4.99 Å². The van der Waals surface area contributed by atoms with Gasteiger partial charge in [-0.25, -0.2) is 0 Å². The molecule has 2 aromatic carbocycles. The Morgan fingerprint density at radius 2 is 1.36 bits per heavy atom. The fourth-order valence-corrected chi connectivity index (χ4v) is 4.79. The monoisotopic (exact) mass is 561 g/mol. The summed E-state index contributed by atoms with van der Waals surface area (Å²) in [5, 5.41) is 7.13. The van der Waals surface area contributed by atoms with Crippen LogP contribution in [-0.4, -0.2) is 55.0 Å². The molecule has 0 saturated carbocycles. The van der Waals surface area contributed by atoms with Gasteiger partial charge in [-0.3, -0.25) is 14.8 Å². The van der Waals surface area contributed by atoms with E-state index in [1.807, 2.05) is 7.05 Å². The van der Waals surface area contributed by atoms with Crippen LogP contribution in [-0.2, 0) is 19.6 Å². The van der Waals surface area contributed by atoms with Gasteiger partial charge in [0.15, 0.2) is 5.96 Å². The summed E-state index contributed by atoms with van der Waals surface area (Å²) in [6.07, 6.45) is 6.39. The Balaban J connectivity index is 0.00000306. The minimum Gasteiger partial charge on any atom is -0.354 e. The molecule has 0 aromatic heterocycles. The second-order valence-electron chi connectivity index (χ2n) is 9.26. The molecule has 0 amide bonds. The number of nitrogens with one attached hydrogen (secondary N) is 2. The first kappa shape index (κ1) is 26.0. The van der Waals surface area contributed by atoms with E-state index in [4.69, 9.17) is 0 Å². The minimum atomic E-state index is 0. The Labute approximate surface area is 217 Å². The maximum Gasteiger partial charge on any atom is 0.191 e. The fourth-order valence-electron chi connectivity index (χ4n) is 4.79. The Kier molecular flexibility index (Phi) is 11.0. The van der Waals surface area contributed by atoms with E-state index in [9.17, 15) is 0 Å². The second-order valence-corrected chi connectivity index (χ2v) is 9.26. The van der Waals surface area contributed by atoms with Crippen LogP contribution in [0, 0.1) is 0 Å². The SMILES string of the molecule is CN=C(NCc1ccc(CN2CCCCC2)cc1)NC1CCN(Cc2ccccc2)CC1.I. The van der Waals surface area contributed by atoms with Gasteiger partial charge < -0.3 is 10.6 Å². The van der Waals surface area contributed by atoms with Crippen LogP contribution in [0.15, 0.2) is 59.6 Å². The number of piperidine rings is 2. The van der Waals surface area contributed by atoms with E-state index in [1.54, 1.807) is 0 Å². The van der Waals surface area contributed by atoms with E-state index in [0.717, 1.165) is 51.5 Å². The van der Waals surface area contributed by atoms with Crippen molar-refractivity contribution in [3.05, 3.63) is 71.3 Å². The van der Waals surface area contributed by atoms with Crippen LogP contribution in [0.3, 0.4) is 0 Å². The van der Waals surface area contributed by atoms with E-state index in [2.05, 4.69) is 80.0 Å². The summed E-state index contributed by atoms with van der Waals surface area (Å²) >= 11 is 0. The number of aliphatic imine (C=N–C) groups is 1. The smallest absolute Gasteiger partial charge is 0.191 e. The predicted octanol–water partition coefficient (Wildman–Crippen LogP) is 4.62. The van der Waals surface area contributed by atoms with E-state index < -0.39 is 0 Å². The Morgan fingerprint density at radius 3 is 2.00 bits per heavy atom. The molecule has 33 heavy (non-hydrogen) atoms. The maximum atomic E-state index is 4.45. The Bertz CT molecular complexity index is 825. The number of hydrogen-bond donors (Lipinski definition) is 2. The minimum absolute atomic E-state index is 0. The zero-order valence-electron chi connectivity index (χ0n) is 20.0. The second kappa shape index (κ2) is 13.9. The molecule has 2 aliphatic rings. The van der Waals surface area contributed by atoms with E-state index in [1.165, 1.54) is 49.0 Å². The number of benzene rings is 2. The van der Waals surface area contributed by atoms with E-state index in [0.29, 0.717) is 6.04 Å². The average Bonchev–Trinajstić information content (AvgIpc) is 2.85. The molecule has 0 aliphatic carbocycles. The Hall–Kier alpha value is -1.64. The van der Waals surface area contributed by atoms with Gasteiger partial charge in [-0.1, -0.05) is 61.0 Å². The van der Waals surface area contributed by atoms with Gasteiger partial charge in [0.1, 0.15) is 0 Å². The molecular formula is C27H40IN5. The largest absolute Gasteiger partial charge is 0.354 e. The van der Waals surface area contributed by atoms with Crippen molar-refractivity contribution < 1.29 is 0 Å². The van der Waals surface area contributed by atoms with Gasteiger partial charge in [-0.15, -0.1) is 24.0 Å². The summed E-state index contributed by atoms with van der Waals surface area (Å²) in [6, 6.07) is 20.3. The molecule has 0 bridgehead atoms. The van der Waals surface area contributed by atoms with E-state index in [-0.39, 0.29) is 24.0 Å². The van der Waals surface area contributed by atoms with Crippen LogP contribution in [0.4, 0.5) is 0 Å². The highest BCUT2D eigenvalue weighted by Crippen LogP contribution is 2.15. The molecule has 2 aliphatic heterocycles. The summed E-state index contributed by atoms with van der Waals surface area (Å²) in [7, 11) is 1.86. The van der Waals surface area contributed by atoms with Crippen LogP contribution in [0.25, 0.3) is 0 Å². The molecule has 2 fully saturated rings. The number of nitrogens with zero attached hydrogens (tertiary/aromatic N) is 3. The zero-order chi connectivity index (χ0) is 22.0. The van der Waals surface area contributed by atoms with Gasteiger partial charge >= 0.3 is 0 Å². The summed E-state index contributed by atoms with van der Waals surface area (Å²) in [5.41, 5.74) is 4.12. The van der Waals surface area contributed by atoms with Crippen LogP contribution < -0.4 is 10.6 Å². The first-order valence-corrected chi connectivity index (χ1v) is 12.3. The first-order valence-electron chi connectivity index (χ1n) is 12.3. The Morgan fingerprint density at radius 1 is 0.788 bits per heavy atom. The van der Waals surface area contributed by atoms with Gasteiger partial charge in [0.25, 0.3) is 0 Å². The highest BCUT2D eigenvalue weighted by Gasteiger charge is 2.20. The van der Waals surface area contributed by atoms with E-state index >= 15 is 0 Å². The summed E-state index contributed by atoms with van der Waals surface area (Å²) in [5.74, 6) is 0.906. The first-order chi connectivity index (χ1) is 15.8. The van der Waals surface area contributed by atoms with Gasteiger partial charge in [-0.2, -0.15) is 0 Å². The maximum absolute atomic E-state index is 4.45. The molecule has 0 radical (unpaired) electrons. The topological polar surface area (TPSA) is 42.9 Å². The van der Waals surface area contributed by atoms with Crippen molar-refractivity contribution in [1.82, 2.24) is 20.4 Å². The molecule has 180 valence electrons. The summed E-state index contributed by atoms with van der Waals surface area (Å²) in [6.45, 7) is 7.68. The molecule has 2 N–H and O–H groups in total. The third kappa shape index (κ3) is 8.58. The van der Waals surface area contributed by atoms with Crippen LogP contribution >= 0.6 is 24.0 Å². The lowest BCUT2D eigenvalue weighted by Gasteiger charge is -2.33. The summed E-state index contributed by atoms with van der Waals surface area (Å²) in [4.78, 5) is 9.58. The number of rotatable bonds is 7. The molecule has 0 atom stereocenters. The van der Waals surface area contributed by atoms with Crippen molar-refractivity contribution in [3.8, 4) is 0 Å².